The quantitative estimate of drug-likeness (QED) is 0.621. The fraction of sp³-hybridized carbons (Fsp3) is 0.500. The van der Waals surface area contributed by atoms with Crippen LogP contribution in [0.15, 0.2) is 48.5 Å². The molecule has 170 valence electrons. The molecule has 0 atom stereocenters. The Morgan fingerprint density at radius 2 is 0.906 bits per heavy atom. The first-order valence-corrected chi connectivity index (χ1v) is 12.4. The van der Waals surface area contributed by atoms with Crippen molar-refractivity contribution < 1.29 is 9.59 Å². The molecule has 0 bridgehead atoms. The van der Waals surface area contributed by atoms with Crippen LogP contribution in [-0.4, -0.2) is 23.9 Å². The predicted octanol–water partition coefficient (Wildman–Crippen LogP) is 5.34. The monoisotopic (exact) mass is 432 g/mol. The fourth-order valence-electron chi connectivity index (χ4n) is 5.05. The van der Waals surface area contributed by atoms with Crippen molar-refractivity contribution in [1.82, 2.24) is 10.6 Å². The van der Waals surface area contributed by atoms with Gasteiger partial charge in [0.2, 0.25) is 11.8 Å². The smallest absolute Gasteiger partial charge is 0.224 e. The Kier molecular flexibility index (Phi) is 7.97. The lowest BCUT2D eigenvalue weighted by atomic mass is 9.95. The molecule has 2 aliphatic carbocycles. The van der Waals surface area contributed by atoms with E-state index in [0.717, 1.165) is 47.9 Å². The fourth-order valence-corrected chi connectivity index (χ4v) is 5.05. The van der Waals surface area contributed by atoms with E-state index < -0.39 is 0 Å². The maximum Gasteiger partial charge on any atom is 0.224 e. The lowest BCUT2D eigenvalue weighted by Gasteiger charge is -2.22. The molecule has 4 heteroatoms. The van der Waals surface area contributed by atoms with Crippen LogP contribution in [0, 0.1) is 0 Å². The molecule has 0 spiro atoms. The van der Waals surface area contributed by atoms with Gasteiger partial charge in [-0.3, -0.25) is 9.59 Å². The highest BCUT2D eigenvalue weighted by molar-refractivity contribution is 5.80. The second kappa shape index (κ2) is 11.3. The number of nitrogens with one attached hydrogen (secondary N) is 2. The zero-order valence-electron chi connectivity index (χ0n) is 19.1. The van der Waals surface area contributed by atoms with Gasteiger partial charge in [-0.25, -0.2) is 0 Å². The molecule has 0 heterocycles. The highest BCUT2D eigenvalue weighted by Crippen LogP contribution is 2.22. The van der Waals surface area contributed by atoms with Gasteiger partial charge >= 0.3 is 0 Å². The Balaban J connectivity index is 1.27. The summed E-state index contributed by atoms with van der Waals surface area (Å²) in [6, 6.07) is 17.2. The van der Waals surface area contributed by atoms with E-state index in [1.807, 2.05) is 24.3 Å². The number of benzene rings is 2. The standard InChI is InChI=1S/C28H36N2O2/c31-27(29-25-7-3-1-4-8-25)19-21-11-15-23(16-12-21)24-17-13-22(14-18-24)20-28(32)30-26-9-5-2-6-10-26/h11-18,25-26H,1-10,19-20H2,(H,29,31)(H,30,32). The normalized spacial score (nSPS) is 17.6. The first-order chi connectivity index (χ1) is 15.7. The minimum Gasteiger partial charge on any atom is -0.353 e. The molecule has 2 N–H and O–H groups in total. The Morgan fingerprint density at radius 1 is 0.562 bits per heavy atom. The van der Waals surface area contributed by atoms with Crippen LogP contribution in [0.25, 0.3) is 11.1 Å². The lowest BCUT2D eigenvalue weighted by Crippen LogP contribution is -2.37. The van der Waals surface area contributed by atoms with Gasteiger partial charge in [-0.15, -0.1) is 0 Å². The van der Waals surface area contributed by atoms with Crippen LogP contribution < -0.4 is 10.6 Å². The van der Waals surface area contributed by atoms with E-state index in [9.17, 15) is 9.59 Å². The summed E-state index contributed by atoms with van der Waals surface area (Å²) in [5.74, 6) is 0.251. The van der Waals surface area contributed by atoms with Crippen LogP contribution in [0.5, 0.6) is 0 Å². The average molecular weight is 433 g/mol. The largest absolute Gasteiger partial charge is 0.353 e. The molecule has 2 aliphatic rings. The van der Waals surface area contributed by atoms with Gasteiger partial charge in [0.15, 0.2) is 0 Å². The molecule has 4 nitrogen and oxygen atoms in total. The molecule has 0 aromatic heterocycles. The summed E-state index contributed by atoms with van der Waals surface area (Å²) in [6.45, 7) is 0. The van der Waals surface area contributed by atoms with E-state index in [1.165, 1.54) is 38.5 Å². The van der Waals surface area contributed by atoms with Gasteiger partial charge in [0.1, 0.15) is 0 Å². The Labute approximate surface area is 192 Å². The van der Waals surface area contributed by atoms with Crippen molar-refractivity contribution in [3.63, 3.8) is 0 Å². The Hall–Kier alpha value is -2.62. The van der Waals surface area contributed by atoms with E-state index in [1.54, 1.807) is 0 Å². The number of hydrogen-bond acceptors (Lipinski definition) is 2. The van der Waals surface area contributed by atoms with Gasteiger partial charge in [-0.2, -0.15) is 0 Å². The maximum atomic E-state index is 12.3. The maximum absolute atomic E-state index is 12.3. The molecule has 4 rings (SSSR count). The van der Waals surface area contributed by atoms with Crippen molar-refractivity contribution in [1.29, 1.82) is 0 Å². The molecule has 2 fully saturated rings. The van der Waals surface area contributed by atoms with Gasteiger partial charge in [-0.1, -0.05) is 87.1 Å². The second-order valence-electron chi connectivity index (χ2n) is 9.55. The van der Waals surface area contributed by atoms with Crippen molar-refractivity contribution in [2.45, 2.75) is 89.1 Å². The highest BCUT2D eigenvalue weighted by atomic mass is 16.2. The zero-order valence-corrected chi connectivity index (χ0v) is 19.1. The Bertz CT molecular complexity index is 801. The van der Waals surface area contributed by atoms with Gasteiger partial charge in [0.25, 0.3) is 0 Å². The van der Waals surface area contributed by atoms with E-state index in [2.05, 4.69) is 34.9 Å². The molecule has 0 radical (unpaired) electrons. The third kappa shape index (κ3) is 6.69. The van der Waals surface area contributed by atoms with Gasteiger partial charge < -0.3 is 10.6 Å². The minimum absolute atomic E-state index is 0.125. The van der Waals surface area contributed by atoms with Crippen LogP contribution in [0.3, 0.4) is 0 Å². The number of amides is 2. The van der Waals surface area contributed by atoms with Gasteiger partial charge in [0, 0.05) is 12.1 Å². The van der Waals surface area contributed by atoms with Crippen LogP contribution in [0.4, 0.5) is 0 Å². The van der Waals surface area contributed by atoms with E-state index >= 15 is 0 Å². The molecule has 2 aromatic carbocycles. The van der Waals surface area contributed by atoms with Crippen molar-refractivity contribution in [2.75, 3.05) is 0 Å². The summed E-state index contributed by atoms with van der Waals surface area (Å²) in [5.41, 5.74) is 4.33. The molecular formula is C28H36N2O2. The molecule has 32 heavy (non-hydrogen) atoms. The summed E-state index contributed by atoms with van der Waals surface area (Å²) >= 11 is 0. The van der Waals surface area contributed by atoms with Crippen LogP contribution >= 0.6 is 0 Å². The topological polar surface area (TPSA) is 58.2 Å². The third-order valence-corrected chi connectivity index (χ3v) is 6.91. The van der Waals surface area contributed by atoms with Crippen molar-refractivity contribution in [3.05, 3.63) is 59.7 Å². The average Bonchev–Trinajstić information content (AvgIpc) is 2.81. The minimum atomic E-state index is 0.125. The summed E-state index contributed by atoms with van der Waals surface area (Å²) in [5, 5.41) is 6.38. The predicted molar refractivity (Wildman–Crippen MR) is 129 cm³/mol. The SMILES string of the molecule is O=C(Cc1ccc(-c2ccc(CC(=O)NC3CCCCC3)cc2)cc1)NC1CCCCC1. The first-order valence-electron chi connectivity index (χ1n) is 12.4. The molecule has 2 saturated carbocycles. The first kappa shape index (κ1) is 22.6. The Morgan fingerprint density at radius 3 is 1.25 bits per heavy atom. The van der Waals surface area contributed by atoms with E-state index in [0.29, 0.717) is 24.9 Å². The van der Waals surface area contributed by atoms with Crippen LogP contribution in [0.2, 0.25) is 0 Å². The number of hydrogen-bond donors (Lipinski definition) is 2. The molecular weight excluding hydrogens is 396 g/mol. The molecule has 0 saturated heterocycles. The van der Waals surface area contributed by atoms with Crippen molar-refractivity contribution in [3.8, 4) is 11.1 Å². The summed E-state index contributed by atoms with van der Waals surface area (Å²) < 4.78 is 0. The van der Waals surface area contributed by atoms with Crippen LogP contribution in [-0.2, 0) is 22.4 Å². The van der Waals surface area contributed by atoms with Gasteiger partial charge in [-0.05, 0) is 47.9 Å². The van der Waals surface area contributed by atoms with Crippen molar-refractivity contribution >= 4 is 11.8 Å². The van der Waals surface area contributed by atoms with Gasteiger partial charge in [0.05, 0.1) is 12.8 Å². The molecule has 0 unspecified atom stereocenters. The zero-order chi connectivity index (χ0) is 22.2. The van der Waals surface area contributed by atoms with Crippen LogP contribution in [0.1, 0.15) is 75.3 Å². The van der Waals surface area contributed by atoms with E-state index in [-0.39, 0.29) is 11.8 Å². The summed E-state index contributed by atoms with van der Waals surface area (Å²) in [6.07, 6.45) is 12.8. The number of carbonyl (C=O) groups is 2. The van der Waals surface area contributed by atoms with E-state index in [4.69, 9.17) is 0 Å². The summed E-state index contributed by atoms with van der Waals surface area (Å²) in [7, 11) is 0. The molecule has 2 aromatic rings. The number of carbonyl (C=O) groups excluding carboxylic acids is 2. The molecule has 2 amide bonds. The highest BCUT2D eigenvalue weighted by Gasteiger charge is 2.17. The molecule has 0 aliphatic heterocycles. The lowest BCUT2D eigenvalue weighted by molar-refractivity contribution is -0.122. The number of rotatable bonds is 7. The second-order valence-corrected chi connectivity index (χ2v) is 9.55. The van der Waals surface area contributed by atoms with Crippen molar-refractivity contribution in [2.24, 2.45) is 0 Å². The summed E-state index contributed by atoms with van der Waals surface area (Å²) in [4.78, 5) is 24.7. The third-order valence-electron chi connectivity index (χ3n) is 6.91.